The van der Waals surface area contributed by atoms with Gasteiger partial charge in [-0.15, -0.1) is 0 Å². The van der Waals surface area contributed by atoms with E-state index in [-0.39, 0.29) is 10.9 Å². The maximum absolute atomic E-state index is 12.8. The molecule has 2 aromatic rings. The number of anilines is 1. The first kappa shape index (κ1) is 17.7. The summed E-state index contributed by atoms with van der Waals surface area (Å²) in [5.41, 5.74) is 1.91. The van der Waals surface area contributed by atoms with Crippen molar-refractivity contribution in [2.24, 2.45) is 5.14 Å². The summed E-state index contributed by atoms with van der Waals surface area (Å²) < 4.78 is 49.8. The molecule has 25 heavy (non-hydrogen) atoms. The largest absolute Gasteiger partial charge is 0.263 e. The second-order valence-corrected chi connectivity index (χ2v) is 9.20. The van der Waals surface area contributed by atoms with Crippen LogP contribution in [0.1, 0.15) is 18.1 Å². The number of rotatable bonds is 4. The first-order valence-electron chi connectivity index (χ1n) is 7.62. The SMILES string of the molecule is CC1Cc2cc(S(N)(=O)=O)ccc2N1S(=O)(=O)/C=C/c1ccccc1. The first-order valence-corrected chi connectivity index (χ1v) is 10.7. The minimum atomic E-state index is -3.82. The zero-order valence-electron chi connectivity index (χ0n) is 13.5. The van der Waals surface area contributed by atoms with E-state index in [9.17, 15) is 16.8 Å². The molecule has 0 aromatic heterocycles. The molecule has 0 spiro atoms. The lowest BCUT2D eigenvalue weighted by atomic mass is 10.1. The van der Waals surface area contributed by atoms with Crippen molar-refractivity contribution in [3.8, 4) is 0 Å². The van der Waals surface area contributed by atoms with Crippen molar-refractivity contribution in [1.29, 1.82) is 0 Å². The van der Waals surface area contributed by atoms with Crippen molar-refractivity contribution < 1.29 is 16.8 Å². The number of nitrogens with zero attached hydrogens (tertiary/aromatic N) is 1. The number of fused-ring (bicyclic) bond motifs is 1. The summed E-state index contributed by atoms with van der Waals surface area (Å²) in [6, 6.07) is 13.1. The molecule has 1 aliphatic rings. The van der Waals surface area contributed by atoms with E-state index in [1.807, 2.05) is 30.3 Å². The minimum Gasteiger partial charge on any atom is -0.263 e. The Morgan fingerprint density at radius 1 is 1.08 bits per heavy atom. The van der Waals surface area contributed by atoms with Crippen molar-refractivity contribution in [2.75, 3.05) is 4.31 Å². The highest BCUT2D eigenvalue weighted by atomic mass is 32.2. The standard InChI is InChI=1S/C17H18N2O4S2/c1-13-11-15-12-16(25(18,22)23)7-8-17(15)19(13)24(20,21)10-9-14-5-3-2-4-6-14/h2-10,12-13H,11H2,1H3,(H2,18,22,23)/b10-9+. The van der Waals surface area contributed by atoms with Crippen LogP contribution in [0.25, 0.3) is 6.08 Å². The van der Waals surface area contributed by atoms with Crippen LogP contribution in [0.5, 0.6) is 0 Å². The molecular weight excluding hydrogens is 360 g/mol. The third-order valence-corrected chi connectivity index (χ3v) is 6.53. The second-order valence-electron chi connectivity index (χ2n) is 5.94. The Labute approximate surface area is 147 Å². The molecule has 3 rings (SSSR count). The van der Waals surface area contributed by atoms with Gasteiger partial charge in [0.15, 0.2) is 0 Å². The Hall–Kier alpha value is -2.16. The molecule has 0 fully saturated rings. The zero-order chi connectivity index (χ0) is 18.2. The van der Waals surface area contributed by atoms with Crippen LogP contribution in [-0.4, -0.2) is 22.9 Å². The minimum absolute atomic E-state index is 0.0162. The highest BCUT2D eigenvalue weighted by Crippen LogP contribution is 2.36. The number of hydrogen-bond donors (Lipinski definition) is 1. The van der Waals surface area contributed by atoms with Gasteiger partial charge in [-0.1, -0.05) is 30.3 Å². The predicted molar refractivity (Wildman–Crippen MR) is 97.9 cm³/mol. The predicted octanol–water partition coefficient (Wildman–Crippen LogP) is 2.09. The van der Waals surface area contributed by atoms with Crippen LogP contribution in [0.4, 0.5) is 5.69 Å². The fourth-order valence-corrected chi connectivity index (χ4v) is 4.99. The molecule has 2 aromatic carbocycles. The first-order chi connectivity index (χ1) is 11.7. The highest BCUT2D eigenvalue weighted by Gasteiger charge is 2.34. The van der Waals surface area contributed by atoms with Gasteiger partial charge in [0.2, 0.25) is 10.0 Å². The van der Waals surface area contributed by atoms with Gasteiger partial charge >= 0.3 is 0 Å². The molecule has 0 aliphatic carbocycles. The molecule has 1 heterocycles. The average Bonchev–Trinajstić information content (AvgIpc) is 2.89. The van der Waals surface area contributed by atoms with Crippen LogP contribution in [0.3, 0.4) is 0 Å². The lowest BCUT2D eigenvalue weighted by molar-refractivity contribution is 0.592. The third-order valence-electron chi connectivity index (χ3n) is 4.04. The lowest BCUT2D eigenvalue weighted by Crippen LogP contribution is -2.34. The van der Waals surface area contributed by atoms with E-state index < -0.39 is 20.0 Å². The summed E-state index contributed by atoms with van der Waals surface area (Å²) in [5.74, 6) is 0. The van der Waals surface area contributed by atoms with E-state index in [0.29, 0.717) is 17.7 Å². The molecule has 1 aliphatic heterocycles. The molecule has 1 unspecified atom stereocenters. The quantitative estimate of drug-likeness (QED) is 0.881. The van der Waals surface area contributed by atoms with Gasteiger partial charge in [-0.25, -0.2) is 22.0 Å². The Morgan fingerprint density at radius 3 is 2.40 bits per heavy atom. The van der Waals surface area contributed by atoms with Gasteiger partial charge < -0.3 is 0 Å². The Morgan fingerprint density at radius 2 is 1.76 bits per heavy atom. The van der Waals surface area contributed by atoms with Crippen molar-refractivity contribution in [1.82, 2.24) is 0 Å². The molecular formula is C17H18N2O4S2. The summed E-state index contributed by atoms with van der Waals surface area (Å²) in [7, 11) is -7.52. The van der Waals surface area contributed by atoms with Gasteiger partial charge in [0, 0.05) is 6.04 Å². The van der Waals surface area contributed by atoms with Crippen LogP contribution < -0.4 is 9.44 Å². The molecule has 0 saturated heterocycles. The Balaban J connectivity index is 1.98. The number of nitrogens with two attached hydrogens (primary N) is 1. The molecule has 132 valence electrons. The van der Waals surface area contributed by atoms with Gasteiger partial charge in [-0.05, 0) is 48.7 Å². The smallest absolute Gasteiger partial charge is 0.257 e. The summed E-state index contributed by atoms with van der Waals surface area (Å²) >= 11 is 0. The lowest BCUT2D eigenvalue weighted by Gasteiger charge is -2.22. The van der Waals surface area contributed by atoms with E-state index in [1.54, 1.807) is 13.0 Å². The molecule has 2 N–H and O–H groups in total. The van der Waals surface area contributed by atoms with Crippen LogP contribution in [-0.2, 0) is 26.5 Å². The van der Waals surface area contributed by atoms with E-state index >= 15 is 0 Å². The zero-order valence-corrected chi connectivity index (χ0v) is 15.2. The molecule has 0 amide bonds. The van der Waals surface area contributed by atoms with Crippen LogP contribution >= 0.6 is 0 Å². The molecule has 6 nitrogen and oxygen atoms in total. The highest BCUT2D eigenvalue weighted by molar-refractivity contribution is 7.95. The van der Waals surface area contributed by atoms with E-state index in [0.717, 1.165) is 5.56 Å². The van der Waals surface area contributed by atoms with Crippen molar-refractivity contribution in [2.45, 2.75) is 24.3 Å². The summed E-state index contributed by atoms with van der Waals surface area (Å²) in [5, 5.41) is 6.32. The number of sulfonamides is 2. The summed E-state index contributed by atoms with van der Waals surface area (Å²) in [4.78, 5) is -0.0162. The van der Waals surface area contributed by atoms with Gasteiger partial charge in [-0.2, -0.15) is 0 Å². The van der Waals surface area contributed by atoms with Crippen LogP contribution in [0.15, 0.2) is 58.8 Å². The number of primary sulfonamides is 1. The molecule has 0 bridgehead atoms. The van der Waals surface area contributed by atoms with Crippen molar-refractivity contribution in [3.05, 3.63) is 65.1 Å². The van der Waals surface area contributed by atoms with Crippen LogP contribution in [0, 0.1) is 0 Å². The van der Waals surface area contributed by atoms with Gasteiger partial charge in [0.1, 0.15) is 0 Å². The number of hydrogen-bond acceptors (Lipinski definition) is 4. The topological polar surface area (TPSA) is 97.5 Å². The second kappa shape index (κ2) is 6.29. The molecule has 0 radical (unpaired) electrons. The fourth-order valence-electron chi connectivity index (χ4n) is 2.94. The fraction of sp³-hybridized carbons (Fsp3) is 0.176. The van der Waals surface area contributed by atoms with Gasteiger partial charge in [0.25, 0.3) is 10.0 Å². The molecule has 1 atom stereocenters. The normalized spacial score (nSPS) is 17.8. The monoisotopic (exact) mass is 378 g/mol. The van der Waals surface area contributed by atoms with Gasteiger partial charge in [-0.3, -0.25) is 4.31 Å². The Bertz CT molecular complexity index is 1030. The summed E-state index contributed by atoms with van der Waals surface area (Å²) in [6.45, 7) is 1.78. The molecule has 8 heteroatoms. The maximum atomic E-state index is 12.8. The maximum Gasteiger partial charge on any atom is 0.257 e. The Kier molecular flexibility index (Phi) is 4.44. The number of benzene rings is 2. The van der Waals surface area contributed by atoms with Crippen molar-refractivity contribution >= 4 is 31.8 Å². The van der Waals surface area contributed by atoms with E-state index in [2.05, 4.69) is 0 Å². The van der Waals surface area contributed by atoms with Crippen molar-refractivity contribution in [3.63, 3.8) is 0 Å². The summed E-state index contributed by atoms with van der Waals surface area (Å²) in [6.07, 6.45) is 1.97. The van der Waals surface area contributed by atoms with E-state index in [4.69, 9.17) is 5.14 Å². The van der Waals surface area contributed by atoms with Crippen LogP contribution in [0.2, 0.25) is 0 Å². The third kappa shape index (κ3) is 3.60. The van der Waals surface area contributed by atoms with Gasteiger partial charge in [0.05, 0.1) is 16.0 Å². The molecule has 0 saturated carbocycles. The average molecular weight is 378 g/mol. The van der Waals surface area contributed by atoms with E-state index in [1.165, 1.54) is 27.9 Å².